The zero-order valence-corrected chi connectivity index (χ0v) is 15.0. The van der Waals surface area contributed by atoms with Gasteiger partial charge in [0.05, 0.1) is 5.71 Å². The fraction of sp³-hybridized carbons (Fsp3) is 0.294. The minimum absolute atomic E-state index is 0.0962. The third kappa shape index (κ3) is 4.03. The van der Waals surface area contributed by atoms with E-state index in [4.69, 9.17) is 0 Å². The summed E-state index contributed by atoms with van der Waals surface area (Å²) in [6.07, 6.45) is 2.08. The first-order valence-electron chi connectivity index (χ1n) is 7.81. The van der Waals surface area contributed by atoms with Gasteiger partial charge in [0.2, 0.25) is 5.91 Å². The van der Waals surface area contributed by atoms with Gasteiger partial charge in [0.25, 0.3) is 0 Å². The van der Waals surface area contributed by atoms with E-state index < -0.39 is 0 Å². The van der Waals surface area contributed by atoms with Crippen LogP contribution in [0.1, 0.15) is 30.7 Å². The molecule has 0 bridgehead atoms. The molecule has 0 unspecified atom stereocenters. The van der Waals surface area contributed by atoms with Gasteiger partial charge < -0.3 is 5.32 Å². The van der Waals surface area contributed by atoms with Gasteiger partial charge in [-0.1, -0.05) is 26.0 Å². The van der Waals surface area contributed by atoms with Gasteiger partial charge in [0, 0.05) is 34.2 Å². The number of thiazole rings is 1. The molecule has 1 aliphatic heterocycles. The van der Waals surface area contributed by atoms with Crippen molar-refractivity contribution in [3.63, 3.8) is 0 Å². The second-order valence-electron chi connectivity index (χ2n) is 6.49. The summed E-state index contributed by atoms with van der Waals surface area (Å²) in [7, 11) is 0. The molecule has 0 saturated heterocycles. The number of hydrazone groups is 1. The van der Waals surface area contributed by atoms with Crippen LogP contribution in [0.4, 0.5) is 15.6 Å². The van der Waals surface area contributed by atoms with Gasteiger partial charge in [0.1, 0.15) is 0 Å². The average Bonchev–Trinajstić information content (AvgIpc) is 2.91. The van der Waals surface area contributed by atoms with Crippen molar-refractivity contribution in [2.75, 3.05) is 10.6 Å². The van der Waals surface area contributed by atoms with Crippen LogP contribution in [0.5, 0.6) is 0 Å². The van der Waals surface area contributed by atoms with Crippen LogP contribution in [0, 0.1) is 12.3 Å². The largest absolute Gasteiger partial charge is 0.325 e. The maximum Gasteiger partial charge on any atom is 0.325 e. The van der Waals surface area contributed by atoms with E-state index in [-0.39, 0.29) is 17.4 Å². The molecule has 2 heterocycles. The quantitative estimate of drug-likeness (QED) is 0.786. The Bertz CT molecular complexity index is 856. The van der Waals surface area contributed by atoms with E-state index in [9.17, 15) is 9.59 Å². The lowest BCUT2D eigenvalue weighted by Crippen LogP contribution is -2.39. The van der Waals surface area contributed by atoms with Crippen molar-refractivity contribution in [3.8, 4) is 0 Å². The number of urea groups is 1. The number of nitrogens with one attached hydrogen (secondary N) is 3. The summed E-state index contributed by atoms with van der Waals surface area (Å²) in [6, 6.07) is 7.03. The first kappa shape index (κ1) is 17.1. The molecule has 1 aromatic carbocycles. The van der Waals surface area contributed by atoms with Crippen LogP contribution >= 0.6 is 11.3 Å². The van der Waals surface area contributed by atoms with Gasteiger partial charge in [-0.3, -0.25) is 10.1 Å². The maximum absolute atomic E-state index is 12.1. The van der Waals surface area contributed by atoms with E-state index in [1.54, 1.807) is 12.3 Å². The normalized spacial score (nSPS) is 16.0. The highest BCUT2D eigenvalue weighted by Crippen LogP contribution is 2.30. The van der Waals surface area contributed by atoms with Crippen molar-refractivity contribution >= 4 is 39.8 Å². The van der Waals surface area contributed by atoms with Crippen molar-refractivity contribution in [3.05, 3.63) is 40.9 Å². The van der Waals surface area contributed by atoms with Crippen LogP contribution < -0.4 is 16.1 Å². The van der Waals surface area contributed by atoms with Crippen LogP contribution in [-0.2, 0) is 4.79 Å². The van der Waals surface area contributed by atoms with Crippen molar-refractivity contribution in [1.82, 2.24) is 10.4 Å². The topological polar surface area (TPSA) is 95.5 Å². The number of hydrogen-bond acceptors (Lipinski definition) is 5. The zero-order chi connectivity index (χ0) is 18.0. The van der Waals surface area contributed by atoms with Crippen LogP contribution in [0.3, 0.4) is 0 Å². The molecular formula is C17H19N5O2S. The summed E-state index contributed by atoms with van der Waals surface area (Å²) in [4.78, 5) is 28.8. The van der Waals surface area contributed by atoms with Crippen molar-refractivity contribution in [2.24, 2.45) is 10.5 Å². The van der Waals surface area contributed by atoms with E-state index in [1.165, 1.54) is 11.3 Å². The molecule has 0 saturated carbocycles. The standard InChI is InChI=1S/C17H19N5O2S/c1-10-9-18-16(25-10)20-15(24)19-12-6-4-5-11(7-12)14-17(2,3)8-13(23)21-22-14/h4-7,9H,8H2,1-3H3,(H,21,23)(H2,18,19,20,24). The predicted octanol–water partition coefficient (Wildman–Crippen LogP) is 3.35. The Kier molecular flexibility index (Phi) is 4.54. The number of aromatic nitrogens is 1. The fourth-order valence-corrected chi connectivity index (χ4v) is 3.33. The number of hydrogen-bond donors (Lipinski definition) is 3. The predicted molar refractivity (Wildman–Crippen MR) is 99.0 cm³/mol. The molecule has 1 aliphatic rings. The summed E-state index contributed by atoms with van der Waals surface area (Å²) in [5, 5.41) is 10.2. The number of anilines is 2. The number of nitrogens with zero attached hydrogens (tertiary/aromatic N) is 2. The summed E-state index contributed by atoms with van der Waals surface area (Å²) < 4.78 is 0. The van der Waals surface area contributed by atoms with Gasteiger partial charge in [-0.05, 0) is 19.1 Å². The van der Waals surface area contributed by atoms with Crippen LogP contribution in [-0.4, -0.2) is 22.6 Å². The van der Waals surface area contributed by atoms with Gasteiger partial charge in [0.15, 0.2) is 5.13 Å². The molecule has 1 aromatic heterocycles. The lowest BCUT2D eigenvalue weighted by Gasteiger charge is -2.29. The molecule has 0 aliphatic carbocycles. The fourth-order valence-electron chi connectivity index (χ4n) is 2.67. The third-order valence-electron chi connectivity index (χ3n) is 3.77. The lowest BCUT2D eigenvalue weighted by atomic mass is 9.79. The molecule has 0 atom stereocenters. The second-order valence-corrected chi connectivity index (χ2v) is 7.73. The molecule has 0 spiro atoms. The molecule has 25 heavy (non-hydrogen) atoms. The molecule has 7 nitrogen and oxygen atoms in total. The smallest absolute Gasteiger partial charge is 0.308 e. The summed E-state index contributed by atoms with van der Waals surface area (Å²) in [5.74, 6) is -0.0962. The summed E-state index contributed by atoms with van der Waals surface area (Å²) >= 11 is 1.41. The van der Waals surface area contributed by atoms with Gasteiger partial charge >= 0.3 is 6.03 Å². The van der Waals surface area contributed by atoms with Crippen molar-refractivity contribution in [1.29, 1.82) is 0 Å². The minimum Gasteiger partial charge on any atom is -0.308 e. The highest BCUT2D eigenvalue weighted by atomic mass is 32.1. The van der Waals surface area contributed by atoms with E-state index >= 15 is 0 Å². The number of rotatable bonds is 3. The first-order chi connectivity index (χ1) is 11.8. The lowest BCUT2D eigenvalue weighted by molar-refractivity contribution is -0.122. The third-order valence-corrected chi connectivity index (χ3v) is 4.60. The van der Waals surface area contributed by atoms with Crippen molar-refractivity contribution < 1.29 is 9.59 Å². The highest BCUT2D eigenvalue weighted by molar-refractivity contribution is 7.15. The summed E-state index contributed by atoms with van der Waals surface area (Å²) in [5.41, 5.74) is 4.43. The van der Waals surface area contributed by atoms with E-state index in [0.717, 1.165) is 16.2 Å². The molecule has 0 radical (unpaired) electrons. The molecule has 2 aromatic rings. The Balaban J connectivity index is 1.75. The number of carbonyl (C=O) groups is 2. The monoisotopic (exact) mass is 357 g/mol. The average molecular weight is 357 g/mol. The molecule has 3 rings (SSSR count). The van der Waals surface area contributed by atoms with E-state index in [2.05, 4.69) is 26.1 Å². The highest BCUT2D eigenvalue weighted by Gasteiger charge is 2.33. The first-order valence-corrected chi connectivity index (χ1v) is 8.63. The van der Waals surface area contributed by atoms with Gasteiger partial charge in [-0.2, -0.15) is 5.10 Å². The molecule has 3 amide bonds. The van der Waals surface area contributed by atoms with Crippen molar-refractivity contribution in [2.45, 2.75) is 27.2 Å². The van der Waals surface area contributed by atoms with Crippen LogP contribution in [0.15, 0.2) is 35.6 Å². The number of amides is 3. The van der Waals surface area contributed by atoms with Gasteiger partial charge in [-0.15, -0.1) is 11.3 Å². The van der Waals surface area contributed by atoms with Crippen LogP contribution in [0.2, 0.25) is 0 Å². The SMILES string of the molecule is Cc1cnc(NC(=O)Nc2cccc(C3=NNC(=O)CC3(C)C)c2)s1. The van der Waals surface area contributed by atoms with Gasteiger partial charge in [-0.25, -0.2) is 15.2 Å². The molecule has 3 N–H and O–H groups in total. The molecular weight excluding hydrogens is 338 g/mol. The Morgan fingerprint density at radius 1 is 1.32 bits per heavy atom. The maximum atomic E-state index is 12.1. The number of benzene rings is 1. The Morgan fingerprint density at radius 2 is 2.12 bits per heavy atom. The molecule has 130 valence electrons. The van der Waals surface area contributed by atoms with E-state index in [1.807, 2.05) is 39.0 Å². The second kappa shape index (κ2) is 6.64. The number of carbonyl (C=O) groups excluding carboxylic acids is 2. The van der Waals surface area contributed by atoms with E-state index in [0.29, 0.717) is 17.2 Å². The Hall–Kier alpha value is -2.74. The zero-order valence-electron chi connectivity index (χ0n) is 14.2. The van der Waals surface area contributed by atoms with Crippen LogP contribution in [0.25, 0.3) is 0 Å². The summed E-state index contributed by atoms with van der Waals surface area (Å²) in [6.45, 7) is 5.88. The Labute approximate surface area is 149 Å². The minimum atomic E-state index is -0.373. The Morgan fingerprint density at radius 3 is 2.80 bits per heavy atom. The molecule has 8 heteroatoms. The molecule has 0 fully saturated rings. The number of aryl methyl sites for hydroxylation is 1.